The molecule has 0 saturated carbocycles. The highest BCUT2D eigenvalue weighted by molar-refractivity contribution is 5.97. The van der Waals surface area contributed by atoms with E-state index in [9.17, 15) is 4.79 Å². The van der Waals surface area contributed by atoms with Crippen LogP contribution in [0.5, 0.6) is 11.5 Å². The molecule has 25 heavy (non-hydrogen) atoms. The van der Waals surface area contributed by atoms with E-state index in [1.54, 1.807) is 31.5 Å². The normalized spacial score (nSPS) is 12.8. The number of carbonyl (C=O) groups is 1. The van der Waals surface area contributed by atoms with Crippen LogP contribution in [0.2, 0.25) is 0 Å². The van der Waals surface area contributed by atoms with Crippen molar-refractivity contribution in [2.24, 2.45) is 0 Å². The molecule has 7 nitrogen and oxygen atoms in total. The second-order valence-electron chi connectivity index (χ2n) is 5.63. The van der Waals surface area contributed by atoms with Gasteiger partial charge < -0.3 is 23.2 Å². The van der Waals surface area contributed by atoms with Crippen molar-refractivity contribution in [1.29, 1.82) is 0 Å². The van der Waals surface area contributed by atoms with E-state index in [1.165, 1.54) is 11.3 Å². The Hall–Kier alpha value is -3.22. The third-order valence-electron chi connectivity index (χ3n) is 3.89. The van der Waals surface area contributed by atoms with E-state index in [-0.39, 0.29) is 11.6 Å². The van der Waals surface area contributed by atoms with Crippen molar-refractivity contribution >= 4 is 5.91 Å². The summed E-state index contributed by atoms with van der Waals surface area (Å²) in [6, 6.07) is 9.00. The molecule has 4 rings (SSSR count). The molecule has 0 atom stereocenters. The molecule has 0 fully saturated rings. The summed E-state index contributed by atoms with van der Waals surface area (Å²) in [5.74, 6) is 2.14. The zero-order chi connectivity index (χ0) is 17.2. The Balaban J connectivity index is 1.61. The van der Waals surface area contributed by atoms with Crippen molar-refractivity contribution in [2.45, 2.75) is 6.54 Å². The summed E-state index contributed by atoms with van der Waals surface area (Å²) >= 11 is 0. The monoisotopic (exact) mass is 340 g/mol. The minimum absolute atomic E-state index is 0.241. The summed E-state index contributed by atoms with van der Waals surface area (Å²) in [7, 11) is 1.69. The first-order valence-corrected chi connectivity index (χ1v) is 7.84. The van der Waals surface area contributed by atoms with Crippen molar-refractivity contribution in [3.63, 3.8) is 0 Å². The first kappa shape index (κ1) is 15.3. The predicted molar refractivity (Wildman–Crippen MR) is 87.4 cm³/mol. The lowest BCUT2D eigenvalue weighted by atomic mass is 10.1. The van der Waals surface area contributed by atoms with Crippen LogP contribution in [0.25, 0.3) is 11.3 Å². The van der Waals surface area contributed by atoms with Crippen LogP contribution in [-0.2, 0) is 6.54 Å². The van der Waals surface area contributed by atoms with Gasteiger partial charge in [-0.25, -0.2) is 4.98 Å². The maximum Gasteiger partial charge on any atom is 0.276 e. The lowest BCUT2D eigenvalue weighted by Crippen LogP contribution is -2.26. The molecule has 1 aromatic carbocycles. The molecule has 0 bridgehead atoms. The number of amides is 1. The highest BCUT2D eigenvalue weighted by Gasteiger charge is 2.23. The molecule has 3 heterocycles. The largest absolute Gasteiger partial charge is 0.486 e. The number of oxazole rings is 1. The summed E-state index contributed by atoms with van der Waals surface area (Å²) in [4.78, 5) is 18.3. The number of ether oxygens (including phenoxy) is 2. The smallest absolute Gasteiger partial charge is 0.276 e. The number of aromatic nitrogens is 1. The summed E-state index contributed by atoms with van der Waals surface area (Å²) in [6.07, 6.45) is 2.84. The van der Waals surface area contributed by atoms with Crippen molar-refractivity contribution in [2.75, 3.05) is 20.3 Å². The summed E-state index contributed by atoms with van der Waals surface area (Å²) in [5.41, 5.74) is 0.947. The summed E-state index contributed by atoms with van der Waals surface area (Å²) in [5, 5.41) is 0. The van der Waals surface area contributed by atoms with Crippen LogP contribution < -0.4 is 9.47 Å². The van der Waals surface area contributed by atoms with E-state index in [0.29, 0.717) is 48.3 Å². The van der Waals surface area contributed by atoms with E-state index in [1.807, 2.05) is 12.1 Å². The Bertz CT molecular complexity index is 885. The van der Waals surface area contributed by atoms with Gasteiger partial charge in [-0.05, 0) is 30.3 Å². The van der Waals surface area contributed by atoms with Gasteiger partial charge in [0.2, 0.25) is 0 Å². The van der Waals surface area contributed by atoms with E-state index >= 15 is 0 Å². The first-order chi connectivity index (χ1) is 12.2. The zero-order valence-electron chi connectivity index (χ0n) is 13.6. The second-order valence-corrected chi connectivity index (χ2v) is 5.63. The molecular weight excluding hydrogens is 324 g/mol. The molecule has 1 aliphatic rings. The van der Waals surface area contributed by atoms with Crippen molar-refractivity contribution in [3.05, 3.63) is 54.4 Å². The number of fused-ring (bicyclic) bond motifs is 1. The zero-order valence-corrected chi connectivity index (χ0v) is 13.6. The van der Waals surface area contributed by atoms with Gasteiger partial charge in [-0.3, -0.25) is 4.79 Å². The number of hydrogen-bond donors (Lipinski definition) is 0. The third kappa shape index (κ3) is 2.96. The van der Waals surface area contributed by atoms with Crippen LogP contribution in [0.15, 0.2) is 51.8 Å². The van der Waals surface area contributed by atoms with Crippen LogP contribution in [0.3, 0.4) is 0 Å². The van der Waals surface area contributed by atoms with E-state index in [2.05, 4.69) is 4.98 Å². The minimum atomic E-state index is -0.255. The molecule has 0 radical (unpaired) electrons. The van der Waals surface area contributed by atoms with Crippen molar-refractivity contribution in [3.8, 4) is 22.8 Å². The molecular formula is C18H16N2O5. The molecule has 1 aliphatic heterocycles. The lowest BCUT2D eigenvalue weighted by molar-refractivity contribution is 0.0770. The first-order valence-electron chi connectivity index (χ1n) is 7.84. The number of carbonyl (C=O) groups excluding carboxylic acids is 1. The second kappa shape index (κ2) is 6.35. The van der Waals surface area contributed by atoms with Gasteiger partial charge in [-0.15, -0.1) is 0 Å². The van der Waals surface area contributed by atoms with Gasteiger partial charge in [0.15, 0.2) is 29.3 Å². The van der Waals surface area contributed by atoms with Crippen LogP contribution in [0.1, 0.15) is 16.2 Å². The Morgan fingerprint density at radius 3 is 2.80 bits per heavy atom. The van der Waals surface area contributed by atoms with Gasteiger partial charge in [0, 0.05) is 12.6 Å². The molecule has 0 spiro atoms. The van der Waals surface area contributed by atoms with Gasteiger partial charge in [-0.1, -0.05) is 0 Å². The fourth-order valence-corrected chi connectivity index (χ4v) is 2.68. The molecule has 1 amide bonds. The van der Waals surface area contributed by atoms with Crippen molar-refractivity contribution in [1.82, 2.24) is 9.88 Å². The standard InChI is InChI=1S/C18H16N2O5/c1-20(10-13-3-2-6-22-13)18(21)16-17(25-11-19-16)12-4-5-14-15(9-12)24-8-7-23-14/h2-6,9,11H,7-8,10H2,1H3. The number of rotatable bonds is 4. The fourth-order valence-electron chi connectivity index (χ4n) is 2.68. The lowest BCUT2D eigenvalue weighted by Gasteiger charge is -2.19. The van der Waals surface area contributed by atoms with Gasteiger partial charge in [0.25, 0.3) is 5.91 Å². The highest BCUT2D eigenvalue weighted by atomic mass is 16.6. The van der Waals surface area contributed by atoms with E-state index in [4.69, 9.17) is 18.3 Å². The Kier molecular flexibility index (Phi) is 3.89. The van der Waals surface area contributed by atoms with Crippen molar-refractivity contribution < 1.29 is 23.1 Å². The van der Waals surface area contributed by atoms with Crippen LogP contribution in [0, 0.1) is 0 Å². The summed E-state index contributed by atoms with van der Waals surface area (Å²) in [6.45, 7) is 1.36. The molecule has 0 unspecified atom stereocenters. The fraction of sp³-hybridized carbons (Fsp3) is 0.222. The number of benzene rings is 1. The van der Waals surface area contributed by atoms with Gasteiger partial charge in [0.05, 0.1) is 12.8 Å². The van der Waals surface area contributed by atoms with Gasteiger partial charge in [-0.2, -0.15) is 0 Å². The third-order valence-corrected chi connectivity index (χ3v) is 3.89. The predicted octanol–water partition coefficient (Wildman–Crippen LogP) is 2.98. The Morgan fingerprint density at radius 2 is 2.00 bits per heavy atom. The molecule has 0 aliphatic carbocycles. The molecule has 0 saturated heterocycles. The molecule has 3 aromatic rings. The van der Waals surface area contributed by atoms with E-state index < -0.39 is 0 Å². The van der Waals surface area contributed by atoms with Crippen LogP contribution in [-0.4, -0.2) is 36.1 Å². The molecule has 7 heteroatoms. The Labute approximate surface area is 143 Å². The van der Waals surface area contributed by atoms with Gasteiger partial charge >= 0.3 is 0 Å². The molecule has 0 N–H and O–H groups in total. The quantitative estimate of drug-likeness (QED) is 0.726. The van der Waals surface area contributed by atoms with Crippen LogP contribution in [0.4, 0.5) is 0 Å². The number of nitrogens with zero attached hydrogens (tertiary/aromatic N) is 2. The van der Waals surface area contributed by atoms with Crippen LogP contribution >= 0.6 is 0 Å². The topological polar surface area (TPSA) is 77.9 Å². The SMILES string of the molecule is CN(Cc1ccco1)C(=O)c1ncoc1-c1ccc2c(c1)OCCO2. The average Bonchev–Trinajstić information content (AvgIpc) is 3.32. The average molecular weight is 340 g/mol. The molecule has 2 aromatic heterocycles. The maximum absolute atomic E-state index is 12.7. The van der Waals surface area contributed by atoms with E-state index in [0.717, 1.165) is 0 Å². The number of furan rings is 1. The molecule has 128 valence electrons. The minimum Gasteiger partial charge on any atom is -0.486 e. The maximum atomic E-state index is 12.7. The highest BCUT2D eigenvalue weighted by Crippen LogP contribution is 2.35. The van der Waals surface area contributed by atoms with Gasteiger partial charge in [0.1, 0.15) is 19.0 Å². The summed E-state index contributed by atoms with van der Waals surface area (Å²) < 4.78 is 21.8. The Morgan fingerprint density at radius 1 is 1.16 bits per heavy atom. The number of hydrogen-bond acceptors (Lipinski definition) is 6.